The maximum Gasteiger partial charge on any atom is 0.0993 e. The van der Waals surface area contributed by atoms with Crippen molar-refractivity contribution in [1.82, 2.24) is 9.97 Å². The third kappa shape index (κ3) is 5.25. The molecule has 2 aromatic rings. The maximum absolute atomic E-state index is 8.82. The highest BCUT2D eigenvalue weighted by atomic mass is 32.2. The molecule has 0 aromatic carbocycles. The average molecular weight is 324 g/mol. The Morgan fingerprint density at radius 2 is 1.32 bits per heavy atom. The molecule has 2 heterocycles. The third-order valence-electron chi connectivity index (χ3n) is 2.55. The summed E-state index contributed by atoms with van der Waals surface area (Å²) in [6.07, 6.45) is 7.42. The lowest BCUT2D eigenvalue weighted by atomic mass is 10.3. The topological polar surface area (TPSA) is 73.4 Å². The number of thioether (sulfide) groups is 2. The van der Waals surface area contributed by atoms with Crippen LogP contribution in [0, 0.1) is 22.7 Å². The molecule has 0 fully saturated rings. The van der Waals surface area contributed by atoms with Crippen LogP contribution in [0.25, 0.3) is 0 Å². The Morgan fingerprint density at radius 3 is 1.73 bits per heavy atom. The van der Waals surface area contributed by atoms with E-state index in [0.29, 0.717) is 11.1 Å². The van der Waals surface area contributed by atoms with Gasteiger partial charge in [0.25, 0.3) is 0 Å². The molecular weight excluding hydrogens is 312 g/mol. The zero-order valence-corrected chi connectivity index (χ0v) is 13.3. The third-order valence-corrected chi connectivity index (χ3v) is 4.31. The molecule has 0 unspecified atom stereocenters. The highest BCUT2D eigenvalue weighted by Gasteiger charge is 1.97. The Bertz CT molecular complexity index is 681. The van der Waals surface area contributed by atoms with Crippen LogP contribution < -0.4 is 0 Å². The van der Waals surface area contributed by atoms with Crippen molar-refractivity contribution in [3.63, 3.8) is 0 Å². The summed E-state index contributed by atoms with van der Waals surface area (Å²) in [5.41, 5.74) is 1.25. The summed E-state index contributed by atoms with van der Waals surface area (Å²) in [6.45, 7) is 0. The first-order chi connectivity index (χ1) is 10.8. The molecule has 6 heteroatoms. The van der Waals surface area contributed by atoms with E-state index in [1.165, 1.54) is 0 Å². The smallest absolute Gasteiger partial charge is 0.0993 e. The zero-order chi connectivity index (χ0) is 15.6. The van der Waals surface area contributed by atoms with Crippen molar-refractivity contribution in [1.29, 1.82) is 10.5 Å². The lowest BCUT2D eigenvalue weighted by Crippen LogP contribution is -1.84. The van der Waals surface area contributed by atoms with Crippen LogP contribution in [0.5, 0.6) is 0 Å². The van der Waals surface area contributed by atoms with E-state index in [9.17, 15) is 0 Å². The van der Waals surface area contributed by atoms with Crippen LogP contribution in [-0.4, -0.2) is 21.5 Å². The van der Waals surface area contributed by atoms with Crippen LogP contribution in [0.1, 0.15) is 11.1 Å². The zero-order valence-electron chi connectivity index (χ0n) is 11.6. The van der Waals surface area contributed by atoms with Crippen LogP contribution >= 0.6 is 23.5 Å². The average Bonchev–Trinajstić information content (AvgIpc) is 2.58. The molecule has 4 nitrogen and oxygen atoms in total. The van der Waals surface area contributed by atoms with E-state index in [0.717, 1.165) is 21.6 Å². The molecule has 0 aliphatic heterocycles. The standard InChI is InChI=1S/C16H12N4S2/c17-11-13-3-5-19-15(9-13)21-7-1-2-8-22-16-10-14(12-18)4-6-20-16/h1-6,9-10H,7-8H2/b2-1+. The van der Waals surface area contributed by atoms with Gasteiger partial charge in [-0.1, -0.05) is 12.2 Å². The quantitative estimate of drug-likeness (QED) is 0.596. The lowest BCUT2D eigenvalue weighted by Gasteiger charge is -1.98. The fourth-order valence-corrected chi connectivity index (χ4v) is 3.02. The van der Waals surface area contributed by atoms with Crippen molar-refractivity contribution < 1.29 is 0 Å². The van der Waals surface area contributed by atoms with Gasteiger partial charge in [-0.3, -0.25) is 0 Å². The molecule has 0 saturated heterocycles. The van der Waals surface area contributed by atoms with E-state index in [-0.39, 0.29) is 0 Å². The van der Waals surface area contributed by atoms with Gasteiger partial charge in [0, 0.05) is 23.9 Å². The van der Waals surface area contributed by atoms with Crippen molar-refractivity contribution in [2.45, 2.75) is 10.1 Å². The number of nitriles is 2. The number of hydrogen-bond acceptors (Lipinski definition) is 6. The van der Waals surface area contributed by atoms with E-state index >= 15 is 0 Å². The molecule has 0 amide bonds. The van der Waals surface area contributed by atoms with Crippen molar-refractivity contribution in [2.24, 2.45) is 0 Å². The van der Waals surface area contributed by atoms with Gasteiger partial charge in [0.15, 0.2) is 0 Å². The van der Waals surface area contributed by atoms with Crippen molar-refractivity contribution >= 4 is 23.5 Å². The molecule has 0 bridgehead atoms. The fraction of sp³-hybridized carbons (Fsp3) is 0.125. The number of hydrogen-bond donors (Lipinski definition) is 0. The van der Waals surface area contributed by atoms with Gasteiger partial charge in [-0.05, 0) is 24.3 Å². The first-order valence-electron chi connectivity index (χ1n) is 6.44. The summed E-state index contributed by atoms with van der Waals surface area (Å²) in [5.74, 6) is 1.60. The monoisotopic (exact) mass is 324 g/mol. The Morgan fingerprint density at radius 1 is 0.864 bits per heavy atom. The molecule has 0 aliphatic carbocycles. The summed E-state index contributed by atoms with van der Waals surface area (Å²) in [5, 5.41) is 19.3. The second-order valence-corrected chi connectivity index (χ2v) is 6.16. The predicted molar refractivity (Wildman–Crippen MR) is 88.5 cm³/mol. The normalized spacial score (nSPS) is 10.3. The van der Waals surface area contributed by atoms with Gasteiger partial charge in [-0.15, -0.1) is 23.5 Å². The second-order valence-electron chi connectivity index (χ2n) is 4.08. The molecule has 0 spiro atoms. The number of aromatic nitrogens is 2. The van der Waals surface area contributed by atoms with Crippen molar-refractivity contribution in [3.8, 4) is 12.1 Å². The number of rotatable bonds is 6. The minimum atomic E-state index is 0.625. The van der Waals surface area contributed by atoms with Crippen LogP contribution in [-0.2, 0) is 0 Å². The SMILES string of the molecule is N#Cc1ccnc(SC/C=C/CSc2cc(C#N)ccn2)c1. The molecule has 0 aliphatic rings. The van der Waals surface area contributed by atoms with Crippen LogP contribution in [0.4, 0.5) is 0 Å². The summed E-state index contributed by atoms with van der Waals surface area (Å²) < 4.78 is 0. The molecule has 2 aromatic heterocycles. The first-order valence-corrected chi connectivity index (χ1v) is 8.42. The van der Waals surface area contributed by atoms with Gasteiger partial charge in [-0.2, -0.15) is 10.5 Å². The minimum absolute atomic E-state index is 0.625. The minimum Gasteiger partial charge on any atom is -0.250 e. The molecule has 0 saturated carbocycles. The Labute approximate surface area is 137 Å². The number of nitrogens with zero attached hydrogens (tertiary/aromatic N) is 4. The number of pyridine rings is 2. The van der Waals surface area contributed by atoms with Crippen molar-refractivity contribution in [2.75, 3.05) is 11.5 Å². The first kappa shape index (κ1) is 16.1. The molecule has 2 rings (SSSR count). The fourth-order valence-electron chi connectivity index (χ4n) is 1.52. The predicted octanol–water partition coefficient (Wildman–Crippen LogP) is 3.66. The van der Waals surface area contributed by atoms with Gasteiger partial charge in [0.2, 0.25) is 0 Å². The van der Waals surface area contributed by atoms with Crippen LogP contribution in [0.3, 0.4) is 0 Å². The van der Waals surface area contributed by atoms with E-state index in [4.69, 9.17) is 10.5 Å². The highest BCUT2D eigenvalue weighted by Crippen LogP contribution is 2.18. The molecule has 22 heavy (non-hydrogen) atoms. The molecular formula is C16H12N4S2. The van der Waals surface area contributed by atoms with E-state index in [2.05, 4.69) is 34.3 Å². The summed E-state index contributed by atoms with van der Waals surface area (Å²) in [6, 6.07) is 11.2. The molecule has 0 radical (unpaired) electrons. The largest absolute Gasteiger partial charge is 0.250 e. The summed E-state index contributed by atoms with van der Waals surface area (Å²) in [7, 11) is 0. The molecule has 0 N–H and O–H groups in total. The Balaban J connectivity index is 1.74. The Kier molecular flexibility index (Phi) is 6.50. The van der Waals surface area contributed by atoms with E-state index in [1.54, 1.807) is 60.2 Å². The van der Waals surface area contributed by atoms with Crippen LogP contribution in [0.2, 0.25) is 0 Å². The van der Waals surface area contributed by atoms with Gasteiger partial charge < -0.3 is 0 Å². The van der Waals surface area contributed by atoms with Gasteiger partial charge >= 0.3 is 0 Å². The molecule has 108 valence electrons. The van der Waals surface area contributed by atoms with Crippen LogP contribution in [0.15, 0.2) is 58.9 Å². The molecule has 0 atom stereocenters. The highest BCUT2D eigenvalue weighted by molar-refractivity contribution is 7.99. The maximum atomic E-state index is 8.82. The van der Waals surface area contributed by atoms with Gasteiger partial charge in [0.1, 0.15) is 0 Å². The van der Waals surface area contributed by atoms with E-state index in [1.807, 2.05) is 0 Å². The van der Waals surface area contributed by atoms with Gasteiger partial charge in [-0.25, -0.2) is 9.97 Å². The second kappa shape index (κ2) is 8.89. The summed E-state index contributed by atoms with van der Waals surface area (Å²) in [4.78, 5) is 8.41. The van der Waals surface area contributed by atoms with Crippen molar-refractivity contribution in [3.05, 3.63) is 59.9 Å². The Hall–Kier alpha value is -2.28. The van der Waals surface area contributed by atoms with E-state index < -0.39 is 0 Å². The lowest BCUT2D eigenvalue weighted by molar-refractivity contribution is 1.13. The summed E-state index contributed by atoms with van der Waals surface area (Å²) >= 11 is 3.17. The van der Waals surface area contributed by atoms with Gasteiger partial charge in [0.05, 0.1) is 33.3 Å².